The van der Waals surface area contributed by atoms with Gasteiger partial charge in [-0.05, 0) is 12.5 Å². The maximum Gasteiger partial charge on any atom is 0.240 e. The van der Waals surface area contributed by atoms with Gasteiger partial charge in [0.15, 0.2) is 5.82 Å². The van der Waals surface area contributed by atoms with Gasteiger partial charge < -0.3 is 11.6 Å². The molecule has 5 heteroatoms. The second-order valence-corrected chi connectivity index (χ2v) is 3.51. The summed E-state index contributed by atoms with van der Waals surface area (Å²) in [6, 6.07) is 8.17. The molecule has 2 aromatic rings. The molecule has 78 valence electrons. The summed E-state index contributed by atoms with van der Waals surface area (Å²) >= 11 is 0. The highest BCUT2D eigenvalue weighted by Crippen LogP contribution is 2.09. The molecule has 0 aliphatic carbocycles. The highest BCUT2D eigenvalue weighted by atomic mass is 15.4. The summed E-state index contributed by atoms with van der Waals surface area (Å²) in [6.45, 7) is 2.05. The van der Waals surface area contributed by atoms with Gasteiger partial charge in [0, 0.05) is 6.42 Å². The van der Waals surface area contributed by atoms with Crippen LogP contribution in [0, 0.1) is 6.92 Å². The Hall–Kier alpha value is -2.04. The zero-order valence-corrected chi connectivity index (χ0v) is 8.51. The Morgan fingerprint density at radius 1 is 1.33 bits per heavy atom. The van der Waals surface area contributed by atoms with E-state index in [9.17, 15) is 0 Å². The molecule has 0 unspecified atom stereocenters. The van der Waals surface area contributed by atoms with Gasteiger partial charge in [-0.25, -0.2) is 4.68 Å². The predicted molar refractivity (Wildman–Crippen MR) is 58.6 cm³/mol. The SMILES string of the molecule is Cc1cccc(Cc2nnc(N)n2N)c1. The number of aryl methyl sites for hydroxylation is 1. The van der Waals surface area contributed by atoms with Crippen molar-refractivity contribution in [2.45, 2.75) is 13.3 Å². The number of nitrogens with zero attached hydrogens (tertiary/aromatic N) is 3. The van der Waals surface area contributed by atoms with Gasteiger partial charge in [0.2, 0.25) is 5.95 Å². The summed E-state index contributed by atoms with van der Waals surface area (Å²) in [7, 11) is 0. The molecule has 2 rings (SSSR count). The van der Waals surface area contributed by atoms with Crippen LogP contribution < -0.4 is 11.6 Å². The van der Waals surface area contributed by atoms with Crippen LogP contribution in [0.4, 0.5) is 5.95 Å². The molecule has 0 aliphatic rings. The molecule has 0 aliphatic heterocycles. The van der Waals surface area contributed by atoms with E-state index in [0.717, 1.165) is 5.56 Å². The second-order valence-electron chi connectivity index (χ2n) is 3.51. The van der Waals surface area contributed by atoms with Crippen molar-refractivity contribution in [2.24, 2.45) is 0 Å². The van der Waals surface area contributed by atoms with E-state index < -0.39 is 0 Å². The lowest BCUT2D eigenvalue weighted by atomic mass is 10.1. The third-order valence-corrected chi connectivity index (χ3v) is 2.24. The molecule has 0 saturated carbocycles. The van der Waals surface area contributed by atoms with Crippen LogP contribution in [0.3, 0.4) is 0 Å². The maximum atomic E-state index is 5.66. The molecule has 4 N–H and O–H groups in total. The fourth-order valence-corrected chi connectivity index (χ4v) is 1.46. The van der Waals surface area contributed by atoms with Gasteiger partial charge >= 0.3 is 0 Å². The minimum absolute atomic E-state index is 0.234. The Balaban J connectivity index is 2.26. The van der Waals surface area contributed by atoms with Crippen molar-refractivity contribution < 1.29 is 0 Å². The summed E-state index contributed by atoms with van der Waals surface area (Å²) in [6.07, 6.45) is 0.641. The van der Waals surface area contributed by atoms with Crippen LogP contribution in [0.2, 0.25) is 0 Å². The van der Waals surface area contributed by atoms with Crippen LogP contribution in [-0.2, 0) is 6.42 Å². The minimum atomic E-state index is 0.234. The standard InChI is InChI=1S/C10H13N5/c1-7-3-2-4-8(5-7)6-9-13-14-10(11)15(9)12/h2-5H,6,12H2,1H3,(H2,11,14). The van der Waals surface area contributed by atoms with Crippen LogP contribution in [0.15, 0.2) is 24.3 Å². The van der Waals surface area contributed by atoms with Crippen molar-refractivity contribution in [3.05, 3.63) is 41.2 Å². The van der Waals surface area contributed by atoms with Crippen molar-refractivity contribution in [2.75, 3.05) is 11.6 Å². The fourth-order valence-electron chi connectivity index (χ4n) is 1.46. The molecule has 0 amide bonds. The van der Waals surface area contributed by atoms with Crippen molar-refractivity contribution >= 4 is 5.95 Å². The van der Waals surface area contributed by atoms with Crippen molar-refractivity contribution in [1.82, 2.24) is 14.9 Å². The normalized spacial score (nSPS) is 10.5. The zero-order valence-electron chi connectivity index (χ0n) is 8.51. The van der Waals surface area contributed by atoms with Crippen LogP contribution in [0.25, 0.3) is 0 Å². The lowest BCUT2D eigenvalue weighted by Crippen LogP contribution is -2.15. The first kappa shape index (κ1) is 9.51. The molecule has 0 bridgehead atoms. The molecule has 1 aromatic heterocycles. The fraction of sp³-hybridized carbons (Fsp3) is 0.200. The third-order valence-electron chi connectivity index (χ3n) is 2.24. The smallest absolute Gasteiger partial charge is 0.240 e. The molecular formula is C10H13N5. The van der Waals surface area contributed by atoms with Crippen LogP contribution in [0.5, 0.6) is 0 Å². The molecule has 1 aromatic carbocycles. The number of benzene rings is 1. The number of hydrogen-bond acceptors (Lipinski definition) is 4. The van der Waals surface area contributed by atoms with E-state index in [2.05, 4.69) is 16.3 Å². The first-order chi connectivity index (χ1) is 7.16. The third kappa shape index (κ3) is 1.90. The molecule has 1 heterocycles. The Morgan fingerprint density at radius 2 is 2.13 bits per heavy atom. The van der Waals surface area contributed by atoms with Crippen molar-refractivity contribution in [3.63, 3.8) is 0 Å². The quantitative estimate of drug-likeness (QED) is 0.695. The lowest BCUT2D eigenvalue weighted by Gasteiger charge is -2.02. The summed E-state index contributed by atoms with van der Waals surface area (Å²) in [4.78, 5) is 0. The number of rotatable bonds is 2. The van der Waals surface area contributed by atoms with Gasteiger partial charge in [-0.2, -0.15) is 0 Å². The van der Waals surface area contributed by atoms with Gasteiger partial charge in [0.1, 0.15) is 0 Å². The van der Waals surface area contributed by atoms with E-state index in [1.807, 2.05) is 25.1 Å². The number of aromatic nitrogens is 3. The Bertz CT molecular complexity index is 474. The molecular weight excluding hydrogens is 190 g/mol. The molecule has 0 atom stereocenters. The topological polar surface area (TPSA) is 82.8 Å². The predicted octanol–water partition coefficient (Wildman–Crippen LogP) is 0.473. The van der Waals surface area contributed by atoms with Crippen LogP contribution in [-0.4, -0.2) is 14.9 Å². The number of anilines is 1. The van der Waals surface area contributed by atoms with E-state index >= 15 is 0 Å². The van der Waals surface area contributed by atoms with Crippen molar-refractivity contribution in [3.8, 4) is 0 Å². The van der Waals surface area contributed by atoms with E-state index in [-0.39, 0.29) is 5.95 Å². The van der Waals surface area contributed by atoms with Gasteiger partial charge in [-0.1, -0.05) is 29.8 Å². The van der Waals surface area contributed by atoms with Gasteiger partial charge in [0.25, 0.3) is 0 Å². The second kappa shape index (κ2) is 3.61. The van der Waals surface area contributed by atoms with Crippen molar-refractivity contribution in [1.29, 1.82) is 0 Å². The van der Waals surface area contributed by atoms with Crippen LogP contribution >= 0.6 is 0 Å². The van der Waals surface area contributed by atoms with Gasteiger partial charge in [-0.3, -0.25) is 0 Å². The number of nitrogen functional groups attached to an aromatic ring is 2. The summed E-state index contributed by atoms with van der Waals surface area (Å²) < 4.78 is 1.31. The van der Waals surface area contributed by atoms with E-state index in [4.69, 9.17) is 11.6 Å². The maximum absolute atomic E-state index is 5.66. The minimum Gasteiger partial charge on any atom is -0.366 e. The molecule has 5 nitrogen and oxygen atoms in total. The highest BCUT2D eigenvalue weighted by Gasteiger charge is 2.06. The molecule has 0 saturated heterocycles. The first-order valence-corrected chi connectivity index (χ1v) is 4.67. The monoisotopic (exact) mass is 203 g/mol. The Kier molecular flexibility index (Phi) is 2.29. The lowest BCUT2D eigenvalue weighted by molar-refractivity contribution is 0.878. The molecule has 0 fully saturated rings. The molecule has 0 spiro atoms. The summed E-state index contributed by atoms with van der Waals surface area (Å²) in [5.74, 6) is 6.55. The average molecular weight is 203 g/mol. The summed E-state index contributed by atoms with van der Waals surface area (Å²) in [5.41, 5.74) is 7.85. The Labute approximate surface area is 87.7 Å². The molecule has 0 radical (unpaired) electrons. The van der Waals surface area contributed by atoms with Gasteiger partial charge in [-0.15, -0.1) is 10.2 Å². The first-order valence-electron chi connectivity index (χ1n) is 4.67. The largest absolute Gasteiger partial charge is 0.366 e. The summed E-state index contributed by atoms with van der Waals surface area (Å²) in [5, 5.41) is 7.60. The van der Waals surface area contributed by atoms with E-state index in [0.29, 0.717) is 12.2 Å². The zero-order chi connectivity index (χ0) is 10.8. The van der Waals surface area contributed by atoms with Gasteiger partial charge in [0.05, 0.1) is 0 Å². The average Bonchev–Trinajstić information content (AvgIpc) is 2.50. The number of hydrogen-bond donors (Lipinski definition) is 2. The highest BCUT2D eigenvalue weighted by molar-refractivity contribution is 5.26. The van der Waals surface area contributed by atoms with E-state index in [1.54, 1.807) is 0 Å². The number of nitrogens with two attached hydrogens (primary N) is 2. The molecule has 15 heavy (non-hydrogen) atoms. The van der Waals surface area contributed by atoms with E-state index in [1.165, 1.54) is 10.2 Å². The van der Waals surface area contributed by atoms with Crippen LogP contribution in [0.1, 0.15) is 17.0 Å². The Morgan fingerprint density at radius 3 is 2.73 bits per heavy atom.